The molecule has 0 unspecified atom stereocenters. The van der Waals surface area contributed by atoms with Gasteiger partial charge in [0.2, 0.25) is 0 Å². The van der Waals surface area contributed by atoms with E-state index in [1.807, 2.05) is 0 Å². The Morgan fingerprint density at radius 3 is 2.44 bits per heavy atom. The zero-order valence-electron chi connectivity index (χ0n) is 10.2. The lowest BCUT2D eigenvalue weighted by Gasteiger charge is -2.27. The van der Waals surface area contributed by atoms with Gasteiger partial charge in [-0.05, 0) is 31.5 Å². The first-order valence-corrected chi connectivity index (χ1v) is 7.77. The molecule has 6 heteroatoms. The molecule has 18 heavy (non-hydrogen) atoms. The van der Waals surface area contributed by atoms with E-state index in [9.17, 15) is 13.5 Å². The quantitative estimate of drug-likeness (QED) is 0.921. The number of halogens is 1. The van der Waals surface area contributed by atoms with Crippen molar-refractivity contribution in [3.63, 3.8) is 0 Å². The number of hydrogen-bond acceptors (Lipinski definition) is 4. The SMILES string of the molecule is CC(C)(O)c1ccc(OC2CS(=O)(=O)C2)c(Cl)c1. The van der Waals surface area contributed by atoms with Crippen molar-refractivity contribution in [1.29, 1.82) is 0 Å². The van der Waals surface area contributed by atoms with Crippen molar-refractivity contribution in [3.05, 3.63) is 28.8 Å². The first kappa shape index (κ1) is 13.6. The van der Waals surface area contributed by atoms with E-state index in [4.69, 9.17) is 16.3 Å². The van der Waals surface area contributed by atoms with E-state index in [1.165, 1.54) is 0 Å². The minimum absolute atomic E-state index is 0.0383. The Morgan fingerprint density at radius 1 is 1.39 bits per heavy atom. The molecule has 1 aromatic rings. The van der Waals surface area contributed by atoms with Crippen LogP contribution in [0.2, 0.25) is 5.02 Å². The summed E-state index contributed by atoms with van der Waals surface area (Å²) in [6, 6.07) is 5.00. The van der Waals surface area contributed by atoms with Crippen LogP contribution in [0, 0.1) is 0 Å². The number of benzene rings is 1. The van der Waals surface area contributed by atoms with Gasteiger partial charge in [-0.25, -0.2) is 8.42 Å². The number of aliphatic hydroxyl groups is 1. The molecule has 0 radical (unpaired) electrons. The van der Waals surface area contributed by atoms with Crippen LogP contribution in [-0.4, -0.2) is 31.1 Å². The molecule has 1 aliphatic rings. The Kier molecular flexibility index (Phi) is 3.34. The predicted molar refractivity (Wildman–Crippen MR) is 69.8 cm³/mol. The van der Waals surface area contributed by atoms with E-state index < -0.39 is 15.4 Å². The first-order chi connectivity index (χ1) is 8.17. The van der Waals surface area contributed by atoms with Crippen molar-refractivity contribution in [2.24, 2.45) is 0 Å². The molecule has 1 saturated heterocycles. The van der Waals surface area contributed by atoms with Crippen molar-refractivity contribution < 1.29 is 18.3 Å². The van der Waals surface area contributed by atoms with Crippen molar-refractivity contribution in [3.8, 4) is 5.75 Å². The van der Waals surface area contributed by atoms with E-state index in [2.05, 4.69) is 0 Å². The first-order valence-electron chi connectivity index (χ1n) is 5.57. The van der Waals surface area contributed by atoms with E-state index >= 15 is 0 Å². The molecule has 1 aliphatic heterocycles. The monoisotopic (exact) mass is 290 g/mol. The molecule has 1 fully saturated rings. The smallest absolute Gasteiger partial charge is 0.157 e. The third kappa shape index (κ3) is 2.96. The van der Waals surface area contributed by atoms with Gasteiger partial charge < -0.3 is 9.84 Å². The standard InChI is InChI=1S/C12H15ClO4S/c1-12(2,14)8-3-4-11(10(13)5-8)17-9-6-18(15,16)7-9/h3-5,9,14H,6-7H2,1-2H3. The molecule has 1 aromatic carbocycles. The lowest BCUT2D eigenvalue weighted by molar-refractivity contribution is 0.0785. The van der Waals surface area contributed by atoms with Crippen LogP contribution in [0.15, 0.2) is 18.2 Å². The molecular formula is C12H15ClO4S. The highest BCUT2D eigenvalue weighted by Gasteiger charge is 2.35. The predicted octanol–water partition coefficient (Wildman–Crippen LogP) is 1.74. The molecule has 0 spiro atoms. The molecule has 1 heterocycles. The van der Waals surface area contributed by atoms with Crippen molar-refractivity contribution in [1.82, 2.24) is 0 Å². The van der Waals surface area contributed by atoms with Gasteiger partial charge in [-0.3, -0.25) is 0 Å². The van der Waals surface area contributed by atoms with E-state index in [0.29, 0.717) is 16.3 Å². The van der Waals surface area contributed by atoms with Crippen LogP contribution in [0.3, 0.4) is 0 Å². The van der Waals surface area contributed by atoms with Crippen molar-refractivity contribution in [2.45, 2.75) is 25.6 Å². The largest absolute Gasteiger partial charge is 0.487 e. The Labute approximate surface area is 111 Å². The minimum atomic E-state index is -2.90. The Bertz CT molecular complexity index is 548. The molecule has 0 saturated carbocycles. The highest BCUT2D eigenvalue weighted by molar-refractivity contribution is 7.92. The zero-order chi connectivity index (χ0) is 13.6. The molecule has 0 aromatic heterocycles. The van der Waals surface area contributed by atoms with Crippen LogP contribution < -0.4 is 4.74 Å². The number of ether oxygens (including phenoxy) is 1. The maximum Gasteiger partial charge on any atom is 0.157 e. The summed E-state index contributed by atoms with van der Waals surface area (Å²) in [6.45, 7) is 3.33. The number of rotatable bonds is 3. The maximum atomic E-state index is 11.0. The van der Waals surface area contributed by atoms with Crippen LogP contribution in [0.4, 0.5) is 0 Å². The molecule has 0 amide bonds. The summed E-state index contributed by atoms with van der Waals surface area (Å²) >= 11 is 6.05. The molecule has 2 rings (SSSR count). The van der Waals surface area contributed by atoms with E-state index in [-0.39, 0.29) is 17.6 Å². The normalized spacial score (nSPS) is 19.3. The molecular weight excluding hydrogens is 276 g/mol. The molecule has 4 nitrogen and oxygen atoms in total. The second kappa shape index (κ2) is 4.40. The van der Waals surface area contributed by atoms with Gasteiger partial charge in [-0.15, -0.1) is 0 Å². The number of hydrogen-bond donors (Lipinski definition) is 1. The molecule has 100 valence electrons. The lowest BCUT2D eigenvalue weighted by Crippen LogP contribution is -2.45. The summed E-state index contributed by atoms with van der Waals surface area (Å²) in [7, 11) is -2.90. The molecule has 0 aliphatic carbocycles. The van der Waals surface area contributed by atoms with Crippen molar-refractivity contribution >= 4 is 21.4 Å². The fourth-order valence-corrected chi connectivity index (χ4v) is 3.14. The second-order valence-electron chi connectivity index (χ2n) is 5.02. The van der Waals surface area contributed by atoms with Gasteiger partial charge in [0.25, 0.3) is 0 Å². The maximum absolute atomic E-state index is 11.0. The summed E-state index contributed by atoms with van der Waals surface area (Å²) in [5, 5.41) is 10.2. The average Bonchev–Trinajstić information content (AvgIpc) is 2.16. The van der Waals surface area contributed by atoms with Gasteiger partial charge in [0.1, 0.15) is 11.9 Å². The summed E-state index contributed by atoms with van der Waals surface area (Å²) in [5.74, 6) is 0.525. The summed E-state index contributed by atoms with van der Waals surface area (Å²) < 4.78 is 27.5. The van der Waals surface area contributed by atoms with Crippen LogP contribution in [0.5, 0.6) is 5.75 Å². The van der Waals surface area contributed by atoms with Crippen LogP contribution in [0.1, 0.15) is 19.4 Å². The summed E-state index contributed by atoms with van der Waals surface area (Å²) in [4.78, 5) is 0. The fourth-order valence-electron chi connectivity index (χ4n) is 1.74. The zero-order valence-corrected chi connectivity index (χ0v) is 11.8. The molecule has 0 atom stereocenters. The van der Waals surface area contributed by atoms with Crippen LogP contribution >= 0.6 is 11.6 Å². The van der Waals surface area contributed by atoms with Crippen LogP contribution in [0.25, 0.3) is 0 Å². The third-order valence-electron chi connectivity index (χ3n) is 2.81. The van der Waals surface area contributed by atoms with Crippen LogP contribution in [-0.2, 0) is 15.4 Å². The fraction of sp³-hybridized carbons (Fsp3) is 0.500. The van der Waals surface area contributed by atoms with E-state index in [0.717, 1.165) is 0 Å². The summed E-state index contributed by atoms with van der Waals surface area (Å²) in [5.41, 5.74) is -0.289. The van der Waals surface area contributed by atoms with Gasteiger partial charge in [0.05, 0.1) is 22.1 Å². The molecule has 0 bridgehead atoms. The molecule has 1 N–H and O–H groups in total. The third-order valence-corrected chi connectivity index (χ3v) is 4.87. The average molecular weight is 291 g/mol. The van der Waals surface area contributed by atoms with Gasteiger partial charge in [0, 0.05) is 0 Å². The Balaban J connectivity index is 2.12. The minimum Gasteiger partial charge on any atom is -0.487 e. The van der Waals surface area contributed by atoms with Gasteiger partial charge in [-0.2, -0.15) is 0 Å². The van der Waals surface area contributed by atoms with E-state index in [1.54, 1.807) is 32.0 Å². The van der Waals surface area contributed by atoms with Crippen molar-refractivity contribution in [2.75, 3.05) is 11.5 Å². The second-order valence-corrected chi connectivity index (χ2v) is 7.58. The Hall–Kier alpha value is -0.780. The van der Waals surface area contributed by atoms with Gasteiger partial charge in [-0.1, -0.05) is 17.7 Å². The van der Waals surface area contributed by atoms with Gasteiger partial charge in [0.15, 0.2) is 9.84 Å². The highest BCUT2D eigenvalue weighted by Crippen LogP contribution is 2.32. The number of sulfone groups is 1. The topological polar surface area (TPSA) is 63.6 Å². The van der Waals surface area contributed by atoms with Gasteiger partial charge >= 0.3 is 0 Å². The highest BCUT2D eigenvalue weighted by atomic mass is 35.5. The lowest BCUT2D eigenvalue weighted by atomic mass is 9.98. The Morgan fingerprint density at radius 2 is 2.00 bits per heavy atom. The summed E-state index contributed by atoms with van der Waals surface area (Å²) in [6.07, 6.45) is -0.319.